The highest BCUT2D eigenvalue weighted by Crippen LogP contribution is 2.36. The number of hydrogen-bond acceptors (Lipinski definition) is 3. The van der Waals surface area contributed by atoms with E-state index in [0.29, 0.717) is 24.3 Å². The van der Waals surface area contributed by atoms with Crippen LogP contribution in [0.25, 0.3) is 11.3 Å². The van der Waals surface area contributed by atoms with Crippen LogP contribution in [-0.2, 0) is 24.0 Å². The summed E-state index contributed by atoms with van der Waals surface area (Å²) in [7, 11) is 0. The molecule has 2 heterocycles. The van der Waals surface area contributed by atoms with Gasteiger partial charge in [0.1, 0.15) is 12.4 Å². The first kappa shape index (κ1) is 25.1. The van der Waals surface area contributed by atoms with Gasteiger partial charge in [-0.1, -0.05) is 17.7 Å². The standard InChI is InChI=1S/C29H29F3N2O3/c1-19-22(16-33-13-10-23(17-33)28(35)36)6-5-21-15-24(7-8-25(19)21)37-18-20-4-9-27(34-11-2-3-12-34)26(14-20)29(30,31)32/h2-4,7-9,11-12,14-15,23H,5-6,10,13,16-18H2,1H3,(H,35,36)/t23-/m1/s1. The lowest BCUT2D eigenvalue weighted by Gasteiger charge is -2.25. The van der Waals surface area contributed by atoms with Crippen molar-refractivity contribution in [2.75, 3.05) is 19.6 Å². The molecule has 2 aliphatic rings. The quantitative estimate of drug-likeness (QED) is 0.411. The third-order valence-electron chi connectivity index (χ3n) is 7.40. The minimum Gasteiger partial charge on any atom is -0.489 e. The van der Waals surface area contributed by atoms with Crippen molar-refractivity contribution >= 4 is 11.5 Å². The highest BCUT2D eigenvalue weighted by atomic mass is 19.4. The summed E-state index contributed by atoms with van der Waals surface area (Å²) >= 11 is 0. The van der Waals surface area contributed by atoms with E-state index in [-0.39, 0.29) is 18.2 Å². The number of halogens is 3. The van der Waals surface area contributed by atoms with Crippen molar-refractivity contribution in [2.24, 2.45) is 5.92 Å². The van der Waals surface area contributed by atoms with E-state index < -0.39 is 17.7 Å². The van der Waals surface area contributed by atoms with E-state index in [2.05, 4.69) is 11.8 Å². The largest absolute Gasteiger partial charge is 0.489 e. The number of fused-ring (bicyclic) bond motifs is 1. The highest BCUT2D eigenvalue weighted by Gasteiger charge is 2.34. The molecule has 37 heavy (non-hydrogen) atoms. The van der Waals surface area contributed by atoms with Crippen molar-refractivity contribution in [3.8, 4) is 11.4 Å². The Morgan fingerprint density at radius 1 is 1.11 bits per heavy atom. The summed E-state index contributed by atoms with van der Waals surface area (Å²) in [5.74, 6) is -0.378. The molecule has 0 radical (unpaired) electrons. The summed E-state index contributed by atoms with van der Waals surface area (Å²) in [5.41, 5.74) is 4.68. The molecule has 2 aromatic carbocycles. The van der Waals surface area contributed by atoms with Gasteiger partial charge in [0.25, 0.3) is 0 Å². The number of carboxylic acids is 1. The number of aliphatic carboxylic acids is 1. The molecular weight excluding hydrogens is 481 g/mol. The van der Waals surface area contributed by atoms with Crippen LogP contribution in [-0.4, -0.2) is 40.2 Å². The average Bonchev–Trinajstić information content (AvgIpc) is 3.57. The van der Waals surface area contributed by atoms with Crippen LogP contribution >= 0.6 is 0 Å². The van der Waals surface area contributed by atoms with Crippen molar-refractivity contribution in [1.29, 1.82) is 0 Å². The maximum absolute atomic E-state index is 13.7. The predicted octanol–water partition coefficient (Wildman–Crippen LogP) is 6.20. The molecule has 3 aromatic rings. The molecule has 8 heteroatoms. The van der Waals surface area contributed by atoms with Gasteiger partial charge in [-0.2, -0.15) is 13.2 Å². The fourth-order valence-electron chi connectivity index (χ4n) is 5.33. The lowest BCUT2D eigenvalue weighted by Crippen LogP contribution is -2.26. The Morgan fingerprint density at radius 2 is 1.89 bits per heavy atom. The third kappa shape index (κ3) is 5.44. The summed E-state index contributed by atoms with van der Waals surface area (Å²) in [6, 6.07) is 13.5. The molecule has 1 atom stereocenters. The average molecular weight is 511 g/mol. The first-order chi connectivity index (χ1) is 17.7. The molecule has 5 rings (SSSR count). The van der Waals surface area contributed by atoms with Crippen LogP contribution in [0, 0.1) is 5.92 Å². The number of allylic oxidation sites excluding steroid dienone is 1. The first-order valence-electron chi connectivity index (χ1n) is 12.4. The van der Waals surface area contributed by atoms with Crippen LogP contribution in [0.4, 0.5) is 13.2 Å². The van der Waals surface area contributed by atoms with Crippen LogP contribution in [0.3, 0.4) is 0 Å². The number of likely N-dealkylation sites (tertiary alicyclic amines) is 1. The lowest BCUT2D eigenvalue weighted by atomic mass is 9.86. The molecule has 194 valence electrons. The van der Waals surface area contributed by atoms with Gasteiger partial charge in [0.05, 0.1) is 17.2 Å². The number of rotatable bonds is 7. The minimum absolute atomic E-state index is 0.0353. The highest BCUT2D eigenvalue weighted by molar-refractivity contribution is 5.73. The van der Waals surface area contributed by atoms with Crippen LogP contribution < -0.4 is 4.74 Å². The molecule has 0 bridgehead atoms. The Labute approximate surface area is 213 Å². The van der Waals surface area contributed by atoms with E-state index in [1.54, 1.807) is 30.6 Å². The van der Waals surface area contributed by atoms with Crippen LogP contribution in [0.2, 0.25) is 0 Å². The van der Waals surface area contributed by atoms with Gasteiger partial charge < -0.3 is 14.4 Å². The number of carboxylic acid groups (broad SMARTS) is 1. The molecule has 0 spiro atoms. The van der Waals surface area contributed by atoms with Crippen LogP contribution in [0.15, 0.2) is 66.5 Å². The molecule has 5 nitrogen and oxygen atoms in total. The Bertz CT molecular complexity index is 1330. The van der Waals surface area contributed by atoms with Crippen molar-refractivity contribution in [3.05, 3.63) is 88.8 Å². The molecule has 0 unspecified atom stereocenters. The monoisotopic (exact) mass is 510 g/mol. The van der Waals surface area contributed by atoms with Gasteiger partial charge in [-0.15, -0.1) is 0 Å². The van der Waals surface area contributed by atoms with Crippen molar-refractivity contribution in [3.63, 3.8) is 0 Å². The Hall–Kier alpha value is -3.52. The van der Waals surface area contributed by atoms with Gasteiger partial charge in [-0.25, -0.2) is 0 Å². The van der Waals surface area contributed by atoms with Gasteiger partial charge >= 0.3 is 12.1 Å². The topological polar surface area (TPSA) is 54.7 Å². The summed E-state index contributed by atoms with van der Waals surface area (Å²) in [6.07, 6.45) is 1.14. The number of hydrogen-bond donors (Lipinski definition) is 1. The molecule has 1 saturated heterocycles. The minimum atomic E-state index is -4.48. The number of ether oxygens (including phenoxy) is 1. The smallest absolute Gasteiger partial charge is 0.418 e. The van der Waals surface area contributed by atoms with Gasteiger partial charge in [-0.05, 0) is 91.4 Å². The summed E-state index contributed by atoms with van der Waals surface area (Å²) in [6.45, 7) is 4.31. The van der Waals surface area contributed by atoms with Gasteiger partial charge in [0, 0.05) is 25.5 Å². The van der Waals surface area contributed by atoms with E-state index in [0.717, 1.165) is 43.1 Å². The van der Waals surface area contributed by atoms with E-state index in [1.807, 2.05) is 18.2 Å². The van der Waals surface area contributed by atoms with E-state index in [4.69, 9.17) is 4.74 Å². The van der Waals surface area contributed by atoms with E-state index >= 15 is 0 Å². The van der Waals surface area contributed by atoms with Crippen LogP contribution in [0.1, 0.15) is 42.0 Å². The lowest BCUT2D eigenvalue weighted by molar-refractivity contribution is -0.141. The van der Waals surface area contributed by atoms with E-state index in [1.165, 1.54) is 21.8 Å². The normalized spacial score (nSPS) is 18.2. The molecule has 1 fully saturated rings. The Kier molecular flexibility index (Phi) is 6.86. The fourth-order valence-corrected chi connectivity index (χ4v) is 5.33. The number of nitrogens with zero attached hydrogens (tertiary/aromatic N) is 2. The number of alkyl halides is 3. The predicted molar refractivity (Wildman–Crippen MR) is 135 cm³/mol. The van der Waals surface area contributed by atoms with Gasteiger partial charge in [0.15, 0.2) is 0 Å². The second-order valence-corrected chi connectivity index (χ2v) is 9.83. The molecule has 1 aliphatic heterocycles. The number of aryl methyl sites for hydroxylation is 1. The second kappa shape index (κ2) is 10.1. The van der Waals surface area contributed by atoms with Crippen molar-refractivity contribution in [2.45, 2.75) is 39.0 Å². The number of benzene rings is 2. The first-order valence-corrected chi connectivity index (χ1v) is 12.4. The summed E-state index contributed by atoms with van der Waals surface area (Å²) < 4.78 is 48.6. The maximum Gasteiger partial charge on any atom is 0.418 e. The zero-order valence-corrected chi connectivity index (χ0v) is 20.6. The Balaban J connectivity index is 1.28. The van der Waals surface area contributed by atoms with Crippen molar-refractivity contribution < 1.29 is 27.8 Å². The molecular formula is C29H29F3N2O3. The SMILES string of the molecule is CC1=C(CN2CC[C@@H](C(=O)O)C2)CCc2cc(OCc3ccc(-n4cccc4)c(C(F)(F)F)c3)ccc21. The molecule has 0 amide bonds. The maximum atomic E-state index is 13.7. The number of aromatic nitrogens is 1. The van der Waals surface area contributed by atoms with Crippen molar-refractivity contribution in [1.82, 2.24) is 9.47 Å². The van der Waals surface area contributed by atoms with Gasteiger partial charge in [-0.3, -0.25) is 9.69 Å². The molecule has 0 saturated carbocycles. The molecule has 1 aromatic heterocycles. The Morgan fingerprint density at radius 3 is 2.59 bits per heavy atom. The second-order valence-electron chi connectivity index (χ2n) is 9.83. The molecule has 1 N–H and O–H groups in total. The molecule has 1 aliphatic carbocycles. The zero-order valence-electron chi connectivity index (χ0n) is 20.6. The zero-order chi connectivity index (χ0) is 26.2. The summed E-state index contributed by atoms with van der Waals surface area (Å²) in [5, 5.41) is 9.26. The van der Waals surface area contributed by atoms with E-state index in [9.17, 15) is 23.1 Å². The fraction of sp³-hybridized carbons (Fsp3) is 0.345. The van der Waals surface area contributed by atoms with Gasteiger partial charge in [0.2, 0.25) is 0 Å². The van der Waals surface area contributed by atoms with Crippen LogP contribution in [0.5, 0.6) is 5.75 Å². The number of carbonyl (C=O) groups is 1. The summed E-state index contributed by atoms with van der Waals surface area (Å²) in [4.78, 5) is 13.5. The third-order valence-corrected chi connectivity index (χ3v) is 7.40.